The highest BCUT2D eigenvalue weighted by molar-refractivity contribution is 7.11. The maximum Gasteiger partial charge on any atom is 0.416 e. The topological polar surface area (TPSA) is 62.3 Å². The minimum absolute atomic E-state index is 0.0139. The van der Waals surface area contributed by atoms with Gasteiger partial charge in [0.05, 0.1) is 22.3 Å². The molecule has 0 spiro atoms. The Balaban J connectivity index is 1.70. The number of aryl methyl sites for hydroxylation is 1. The van der Waals surface area contributed by atoms with E-state index in [1.165, 1.54) is 21.7 Å². The number of likely N-dealkylation sites (tertiary alicyclic amines) is 1. The van der Waals surface area contributed by atoms with Crippen LogP contribution >= 0.6 is 11.3 Å². The minimum Gasteiger partial charge on any atom is -0.348 e. The van der Waals surface area contributed by atoms with Crippen LogP contribution in [0, 0.1) is 6.92 Å². The van der Waals surface area contributed by atoms with E-state index >= 15 is 0 Å². The molecule has 0 bridgehead atoms. The van der Waals surface area contributed by atoms with Crippen LogP contribution in [-0.2, 0) is 12.4 Å². The summed E-state index contributed by atoms with van der Waals surface area (Å²) in [6, 6.07) is 0.570. The van der Waals surface area contributed by atoms with Gasteiger partial charge in [0.1, 0.15) is 4.88 Å². The molecule has 1 N–H and O–H groups in total. The quantitative estimate of drug-likeness (QED) is 0.678. The number of amides is 2. The molecule has 1 fully saturated rings. The first kappa shape index (κ1) is 23.0. The maximum atomic E-state index is 13.0. The number of alkyl halides is 6. The van der Waals surface area contributed by atoms with Crippen LogP contribution in [0.3, 0.4) is 0 Å². The molecule has 1 aromatic carbocycles. The van der Waals surface area contributed by atoms with Crippen molar-refractivity contribution < 1.29 is 35.9 Å². The first-order valence-electron chi connectivity index (χ1n) is 9.16. The van der Waals surface area contributed by atoms with Crippen molar-refractivity contribution in [1.29, 1.82) is 0 Å². The second-order valence-corrected chi connectivity index (χ2v) is 7.96. The molecule has 12 heteroatoms. The van der Waals surface area contributed by atoms with Crippen LogP contribution in [0.15, 0.2) is 23.7 Å². The van der Waals surface area contributed by atoms with Crippen LogP contribution in [0.1, 0.15) is 49.7 Å². The summed E-state index contributed by atoms with van der Waals surface area (Å²) < 4.78 is 78.1. The van der Waals surface area contributed by atoms with E-state index in [1.807, 2.05) is 0 Å². The number of rotatable bonds is 3. The normalized spacial score (nSPS) is 15.8. The van der Waals surface area contributed by atoms with E-state index in [1.54, 1.807) is 6.92 Å². The van der Waals surface area contributed by atoms with Crippen molar-refractivity contribution in [3.05, 3.63) is 51.0 Å². The monoisotopic (exact) mass is 465 g/mol. The van der Waals surface area contributed by atoms with Gasteiger partial charge in [0.2, 0.25) is 0 Å². The molecule has 31 heavy (non-hydrogen) atoms. The van der Waals surface area contributed by atoms with E-state index in [0.717, 1.165) is 0 Å². The lowest BCUT2D eigenvalue weighted by atomic mass is 10.0. The zero-order valence-electron chi connectivity index (χ0n) is 16.1. The van der Waals surface area contributed by atoms with Gasteiger partial charge in [0.25, 0.3) is 11.8 Å². The lowest BCUT2D eigenvalue weighted by molar-refractivity contribution is -0.143. The predicted molar refractivity (Wildman–Crippen MR) is 99.7 cm³/mol. The van der Waals surface area contributed by atoms with Crippen molar-refractivity contribution in [1.82, 2.24) is 15.2 Å². The summed E-state index contributed by atoms with van der Waals surface area (Å²) in [6.45, 7) is 1.86. The number of piperidine rings is 1. The predicted octanol–water partition coefficient (Wildman–Crippen LogP) is 4.52. The summed E-state index contributed by atoms with van der Waals surface area (Å²) in [5.41, 5.74) is -1.62. The van der Waals surface area contributed by atoms with Crippen LogP contribution < -0.4 is 5.32 Å². The molecule has 5 nitrogen and oxygen atoms in total. The average Bonchev–Trinajstić information content (AvgIpc) is 3.12. The Morgan fingerprint density at radius 2 is 1.58 bits per heavy atom. The minimum atomic E-state index is -5.03. The molecular weight excluding hydrogens is 448 g/mol. The van der Waals surface area contributed by atoms with E-state index in [2.05, 4.69) is 10.3 Å². The standard InChI is InChI=1S/C19H17F6N3O2S/c1-10-15(31-9-26-10)16(29)27-14-2-4-28(5-3-14)17(30)11-6-12(18(20,21)22)8-13(7-11)19(23,24)25/h6-9,14H,2-5H2,1H3,(H,27,29). The first-order valence-corrected chi connectivity index (χ1v) is 10.0. The Morgan fingerprint density at radius 1 is 1.03 bits per heavy atom. The third-order valence-electron chi connectivity index (χ3n) is 4.90. The second-order valence-electron chi connectivity index (χ2n) is 7.10. The van der Waals surface area contributed by atoms with Crippen LogP contribution in [-0.4, -0.2) is 40.8 Å². The maximum absolute atomic E-state index is 13.0. The molecule has 2 heterocycles. The average molecular weight is 465 g/mol. The number of thiazole rings is 1. The molecule has 3 rings (SSSR count). The zero-order valence-corrected chi connectivity index (χ0v) is 16.9. The molecule has 0 unspecified atom stereocenters. The molecule has 1 saturated heterocycles. The molecule has 0 saturated carbocycles. The van der Waals surface area contributed by atoms with E-state index in [9.17, 15) is 35.9 Å². The van der Waals surface area contributed by atoms with Gasteiger partial charge < -0.3 is 10.2 Å². The zero-order chi connectivity index (χ0) is 23.0. The molecule has 0 radical (unpaired) electrons. The van der Waals surface area contributed by atoms with Gasteiger partial charge in [0.15, 0.2) is 0 Å². The summed E-state index contributed by atoms with van der Waals surface area (Å²) in [4.78, 5) is 30.5. The molecule has 0 atom stereocenters. The molecule has 168 valence electrons. The molecule has 2 aromatic rings. The van der Waals surface area contributed by atoms with Crippen molar-refractivity contribution in [3.8, 4) is 0 Å². The van der Waals surface area contributed by atoms with Gasteiger partial charge >= 0.3 is 12.4 Å². The summed E-state index contributed by atoms with van der Waals surface area (Å²) in [5.74, 6) is -1.22. The van der Waals surface area contributed by atoms with Crippen LogP contribution in [0.4, 0.5) is 26.3 Å². The Hall–Kier alpha value is -2.63. The molecule has 1 aromatic heterocycles. The number of nitrogens with one attached hydrogen (secondary N) is 1. The van der Waals surface area contributed by atoms with Crippen molar-refractivity contribution >= 4 is 23.2 Å². The molecule has 2 amide bonds. The van der Waals surface area contributed by atoms with Crippen molar-refractivity contribution in [3.63, 3.8) is 0 Å². The van der Waals surface area contributed by atoms with Gasteiger partial charge in [-0.15, -0.1) is 11.3 Å². The van der Waals surface area contributed by atoms with E-state index < -0.39 is 35.0 Å². The number of hydrogen-bond acceptors (Lipinski definition) is 4. The second kappa shape index (κ2) is 8.48. The molecule has 1 aliphatic rings. The number of halogens is 6. The van der Waals surface area contributed by atoms with E-state index in [-0.39, 0.29) is 31.1 Å². The van der Waals surface area contributed by atoms with Crippen molar-refractivity contribution in [2.45, 2.75) is 38.2 Å². The van der Waals surface area contributed by atoms with E-state index in [4.69, 9.17) is 0 Å². The SMILES string of the molecule is Cc1ncsc1C(=O)NC1CCN(C(=O)c2cc(C(F)(F)F)cc(C(F)(F)F)c2)CC1. The summed E-state index contributed by atoms with van der Waals surface area (Å²) in [5, 5.41) is 2.82. The highest BCUT2D eigenvalue weighted by Gasteiger charge is 2.38. The number of carbonyl (C=O) groups is 2. The largest absolute Gasteiger partial charge is 0.416 e. The molecule has 0 aliphatic carbocycles. The van der Waals surface area contributed by atoms with Gasteiger partial charge in [0, 0.05) is 24.7 Å². The lowest BCUT2D eigenvalue weighted by Crippen LogP contribution is -2.46. The summed E-state index contributed by atoms with van der Waals surface area (Å²) in [7, 11) is 0. The highest BCUT2D eigenvalue weighted by atomic mass is 32.1. The van der Waals surface area contributed by atoms with E-state index in [0.29, 0.717) is 35.5 Å². The Labute approximate surface area is 177 Å². The molecule has 1 aliphatic heterocycles. The number of nitrogens with zero attached hydrogens (tertiary/aromatic N) is 2. The summed E-state index contributed by atoms with van der Waals surface area (Å²) >= 11 is 1.18. The highest BCUT2D eigenvalue weighted by Crippen LogP contribution is 2.36. The number of hydrogen-bond donors (Lipinski definition) is 1. The van der Waals surface area contributed by atoms with Gasteiger partial charge in [-0.1, -0.05) is 0 Å². The Morgan fingerprint density at radius 3 is 2.03 bits per heavy atom. The van der Waals surface area contributed by atoms with Crippen molar-refractivity contribution in [2.75, 3.05) is 13.1 Å². The third kappa shape index (κ3) is 5.35. The number of benzene rings is 1. The Bertz CT molecular complexity index is 946. The third-order valence-corrected chi connectivity index (χ3v) is 5.83. The van der Waals surface area contributed by atoms with Gasteiger partial charge in [-0.05, 0) is 38.0 Å². The van der Waals surface area contributed by atoms with Crippen LogP contribution in [0.5, 0.6) is 0 Å². The fourth-order valence-electron chi connectivity index (χ4n) is 3.26. The number of aromatic nitrogens is 1. The molecular formula is C19H17F6N3O2S. The van der Waals surface area contributed by atoms with Crippen LogP contribution in [0.2, 0.25) is 0 Å². The lowest BCUT2D eigenvalue weighted by Gasteiger charge is -2.32. The Kier molecular flexibility index (Phi) is 6.30. The van der Waals surface area contributed by atoms with Crippen molar-refractivity contribution in [2.24, 2.45) is 0 Å². The van der Waals surface area contributed by atoms with Gasteiger partial charge in [-0.25, -0.2) is 4.98 Å². The fourth-order valence-corrected chi connectivity index (χ4v) is 3.96. The van der Waals surface area contributed by atoms with Gasteiger partial charge in [-0.3, -0.25) is 9.59 Å². The number of carbonyl (C=O) groups excluding carboxylic acids is 2. The van der Waals surface area contributed by atoms with Crippen LogP contribution in [0.25, 0.3) is 0 Å². The smallest absolute Gasteiger partial charge is 0.348 e. The fraction of sp³-hybridized carbons (Fsp3) is 0.421. The summed E-state index contributed by atoms with van der Waals surface area (Å²) in [6.07, 6.45) is -9.41. The van der Waals surface area contributed by atoms with Gasteiger partial charge in [-0.2, -0.15) is 26.3 Å². The first-order chi connectivity index (χ1) is 14.4.